The summed E-state index contributed by atoms with van der Waals surface area (Å²) < 4.78 is 0. The molecule has 0 amide bonds. The van der Waals surface area contributed by atoms with Crippen molar-refractivity contribution in [1.82, 2.24) is 5.32 Å². The Morgan fingerprint density at radius 1 is 1.16 bits per heavy atom. The Hall–Kier alpha value is -0.530. The molecule has 2 rings (SSSR count). The molecule has 1 fully saturated rings. The highest BCUT2D eigenvalue weighted by Crippen LogP contribution is 2.39. The third-order valence-corrected chi connectivity index (χ3v) is 4.53. The molecular formula is C17H26ClN. The Morgan fingerprint density at radius 3 is 2.47 bits per heavy atom. The van der Waals surface area contributed by atoms with Gasteiger partial charge in [-0.25, -0.2) is 0 Å². The van der Waals surface area contributed by atoms with Crippen molar-refractivity contribution < 1.29 is 0 Å². The lowest BCUT2D eigenvalue weighted by molar-refractivity contribution is 0.400. The van der Waals surface area contributed by atoms with Gasteiger partial charge in [-0.3, -0.25) is 0 Å². The van der Waals surface area contributed by atoms with Crippen molar-refractivity contribution in [2.45, 2.75) is 45.4 Å². The first-order chi connectivity index (χ1) is 9.18. The molecule has 106 valence electrons. The van der Waals surface area contributed by atoms with Gasteiger partial charge in [-0.1, -0.05) is 56.5 Å². The summed E-state index contributed by atoms with van der Waals surface area (Å²) in [5.74, 6) is 2.09. The first kappa shape index (κ1) is 14.9. The summed E-state index contributed by atoms with van der Waals surface area (Å²) >= 11 is 6.41. The Bertz CT molecular complexity index is 383. The second kappa shape index (κ2) is 7.31. The molecule has 19 heavy (non-hydrogen) atoms. The van der Waals surface area contributed by atoms with E-state index in [1.165, 1.54) is 31.2 Å². The van der Waals surface area contributed by atoms with Crippen LogP contribution in [0, 0.1) is 11.8 Å². The zero-order chi connectivity index (χ0) is 13.7. The average molecular weight is 280 g/mol. The van der Waals surface area contributed by atoms with Gasteiger partial charge < -0.3 is 5.32 Å². The second-order valence-corrected chi connectivity index (χ2v) is 6.63. The maximum atomic E-state index is 6.41. The summed E-state index contributed by atoms with van der Waals surface area (Å²) in [4.78, 5) is 0. The first-order valence-corrected chi connectivity index (χ1v) is 8.01. The van der Waals surface area contributed by atoms with E-state index in [4.69, 9.17) is 11.6 Å². The fourth-order valence-electron chi connectivity index (χ4n) is 3.19. The number of hydrogen-bond donors (Lipinski definition) is 1. The van der Waals surface area contributed by atoms with Crippen LogP contribution in [0.2, 0.25) is 5.02 Å². The minimum absolute atomic E-state index is 0.579. The van der Waals surface area contributed by atoms with Crippen LogP contribution in [0.25, 0.3) is 0 Å². The van der Waals surface area contributed by atoms with Gasteiger partial charge in [-0.05, 0) is 42.9 Å². The minimum atomic E-state index is 0.579. The molecular weight excluding hydrogens is 254 g/mol. The molecule has 0 bridgehead atoms. The lowest BCUT2D eigenvalue weighted by Gasteiger charge is -2.25. The van der Waals surface area contributed by atoms with Crippen LogP contribution in [-0.2, 0) is 0 Å². The van der Waals surface area contributed by atoms with Crippen LogP contribution in [0.4, 0.5) is 0 Å². The predicted molar refractivity (Wildman–Crippen MR) is 83.9 cm³/mol. The van der Waals surface area contributed by atoms with Crippen LogP contribution >= 0.6 is 11.6 Å². The van der Waals surface area contributed by atoms with Crippen molar-refractivity contribution in [3.8, 4) is 0 Å². The van der Waals surface area contributed by atoms with Gasteiger partial charge in [0.1, 0.15) is 0 Å². The molecule has 1 aromatic carbocycles. The van der Waals surface area contributed by atoms with Crippen LogP contribution in [0.5, 0.6) is 0 Å². The maximum absolute atomic E-state index is 6.41. The molecule has 0 spiro atoms. The quantitative estimate of drug-likeness (QED) is 0.784. The number of rotatable bonds is 6. The van der Waals surface area contributed by atoms with Crippen LogP contribution in [-0.4, -0.2) is 13.1 Å². The van der Waals surface area contributed by atoms with Gasteiger partial charge in [-0.2, -0.15) is 0 Å². The molecule has 1 aliphatic rings. The van der Waals surface area contributed by atoms with Crippen molar-refractivity contribution in [3.63, 3.8) is 0 Å². The van der Waals surface area contributed by atoms with Gasteiger partial charge in [0, 0.05) is 17.5 Å². The number of hydrogen-bond acceptors (Lipinski definition) is 1. The van der Waals surface area contributed by atoms with E-state index in [-0.39, 0.29) is 0 Å². The van der Waals surface area contributed by atoms with E-state index in [2.05, 4.69) is 31.3 Å². The van der Waals surface area contributed by atoms with E-state index in [1.807, 2.05) is 12.1 Å². The summed E-state index contributed by atoms with van der Waals surface area (Å²) in [5.41, 5.74) is 1.34. The average Bonchev–Trinajstić information content (AvgIpc) is 2.89. The summed E-state index contributed by atoms with van der Waals surface area (Å²) in [6.45, 7) is 6.67. The van der Waals surface area contributed by atoms with E-state index in [1.54, 1.807) is 0 Å². The standard InChI is InChI=1S/C17H26ClN/c1-13(2)11-19-12-16(14-7-3-4-8-14)15-9-5-6-10-17(15)18/h5-6,9-10,13-14,16,19H,3-4,7-8,11-12H2,1-2H3. The number of halogens is 1. The fourth-order valence-corrected chi connectivity index (χ4v) is 3.47. The fraction of sp³-hybridized carbons (Fsp3) is 0.647. The van der Waals surface area contributed by atoms with Gasteiger partial charge in [0.25, 0.3) is 0 Å². The third kappa shape index (κ3) is 4.22. The molecule has 0 radical (unpaired) electrons. The van der Waals surface area contributed by atoms with Crippen LogP contribution in [0.3, 0.4) is 0 Å². The zero-order valence-corrected chi connectivity index (χ0v) is 12.9. The first-order valence-electron chi connectivity index (χ1n) is 7.63. The topological polar surface area (TPSA) is 12.0 Å². The van der Waals surface area contributed by atoms with Gasteiger partial charge in [0.15, 0.2) is 0 Å². The molecule has 1 aromatic rings. The van der Waals surface area contributed by atoms with Crippen LogP contribution in [0.1, 0.15) is 51.0 Å². The highest BCUT2D eigenvalue weighted by Gasteiger charge is 2.27. The van der Waals surface area contributed by atoms with E-state index in [0.717, 1.165) is 24.0 Å². The minimum Gasteiger partial charge on any atom is -0.316 e. The van der Waals surface area contributed by atoms with Crippen molar-refractivity contribution in [2.75, 3.05) is 13.1 Å². The number of benzene rings is 1. The Labute approximate surface area is 122 Å². The molecule has 1 N–H and O–H groups in total. The molecule has 0 heterocycles. The van der Waals surface area contributed by atoms with Crippen molar-refractivity contribution in [2.24, 2.45) is 11.8 Å². The zero-order valence-electron chi connectivity index (χ0n) is 12.2. The van der Waals surface area contributed by atoms with Gasteiger partial charge in [-0.15, -0.1) is 0 Å². The summed E-state index contributed by atoms with van der Waals surface area (Å²) in [7, 11) is 0. The molecule has 1 nitrogen and oxygen atoms in total. The Balaban J connectivity index is 2.07. The molecule has 0 aliphatic heterocycles. The molecule has 1 saturated carbocycles. The van der Waals surface area contributed by atoms with Crippen molar-refractivity contribution in [3.05, 3.63) is 34.9 Å². The maximum Gasteiger partial charge on any atom is 0.0441 e. The largest absolute Gasteiger partial charge is 0.316 e. The smallest absolute Gasteiger partial charge is 0.0441 e. The molecule has 1 atom stereocenters. The molecule has 1 aliphatic carbocycles. The van der Waals surface area contributed by atoms with Crippen molar-refractivity contribution >= 4 is 11.6 Å². The van der Waals surface area contributed by atoms with E-state index in [0.29, 0.717) is 11.8 Å². The van der Waals surface area contributed by atoms with Crippen molar-refractivity contribution in [1.29, 1.82) is 0 Å². The van der Waals surface area contributed by atoms with Crippen LogP contribution < -0.4 is 5.32 Å². The molecule has 0 saturated heterocycles. The lowest BCUT2D eigenvalue weighted by atomic mass is 9.84. The summed E-state index contributed by atoms with van der Waals surface area (Å²) in [6.07, 6.45) is 5.49. The highest BCUT2D eigenvalue weighted by atomic mass is 35.5. The van der Waals surface area contributed by atoms with Gasteiger partial charge in [0.05, 0.1) is 0 Å². The van der Waals surface area contributed by atoms with E-state index in [9.17, 15) is 0 Å². The normalized spacial score (nSPS) is 18.1. The monoisotopic (exact) mass is 279 g/mol. The number of nitrogens with one attached hydrogen (secondary N) is 1. The predicted octanol–water partition coefficient (Wildman–Crippen LogP) is 4.86. The highest BCUT2D eigenvalue weighted by molar-refractivity contribution is 6.31. The third-order valence-electron chi connectivity index (χ3n) is 4.19. The molecule has 0 aromatic heterocycles. The van der Waals surface area contributed by atoms with Gasteiger partial charge in [0.2, 0.25) is 0 Å². The lowest BCUT2D eigenvalue weighted by Crippen LogP contribution is -2.28. The molecule has 2 heteroatoms. The Kier molecular flexibility index (Phi) is 5.72. The SMILES string of the molecule is CC(C)CNCC(c1ccccc1Cl)C1CCCC1. The van der Waals surface area contributed by atoms with Gasteiger partial charge >= 0.3 is 0 Å². The second-order valence-electron chi connectivity index (χ2n) is 6.22. The molecule has 1 unspecified atom stereocenters. The van der Waals surface area contributed by atoms with E-state index < -0.39 is 0 Å². The van der Waals surface area contributed by atoms with E-state index >= 15 is 0 Å². The summed E-state index contributed by atoms with van der Waals surface area (Å²) in [5, 5.41) is 4.56. The summed E-state index contributed by atoms with van der Waals surface area (Å²) in [6, 6.07) is 8.38. The Morgan fingerprint density at radius 2 is 1.84 bits per heavy atom. The van der Waals surface area contributed by atoms with Crippen LogP contribution in [0.15, 0.2) is 24.3 Å².